The Balaban J connectivity index is 1.69. The van der Waals surface area contributed by atoms with E-state index in [9.17, 15) is 9.00 Å². The van der Waals surface area contributed by atoms with Crippen LogP contribution in [0.3, 0.4) is 0 Å². The summed E-state index contributed by atoms with van der Waals surface area (Å²) in [4.78, 5) is 15.9. The van der Waals surface area contributed by atoms with Crippen molar-refractivity contribution in [2.75, 3.05) is 7.05 Å². The SMILES string of the molecule is Cc1ccc([S@](=O)[C@@H]2C[C@@H]3C(=O)C(c4ccccc4)=C[C@H]2N3C)cc1. The normalized spacial score (nSPS) is 27.2. The number of ketones is 1. The van der Waals surface area contributed by atoms with Gasteiger partial charge in [-0.1, -0.05) is 54.1 Å². The molecule has 2 aromatic rings. The van der Waals surface area contributed by atoms with E-state index in [0.29, 0.717) is 6.42 Å². The molecule has 2 bridgehead atoms. The molecule has 0 unspecified atom stereocenters. The smallest absolute Gasteiger partial charge is 0.180 e. The highest BCUT2D eigenvalue weighted by atomic mass is 32.2. The topological polar surface area (TPSA) is 37.4 Å². The summed E-state index contributed by atoms with van der Waals surface area (Å²) in [5, 5.41) is -0.0529. The van der Waals surface area contributed by atoms with Crippen molar-refractivity contribution in [3.8, 4) is 0 Å². The summed E-state index contributed by atoms with van der Waals surface area (Å²) in [6.07, 6.45) is 2.67. The maximum absolute atomic E-state index is 13.1. The standard InChI is InChI=1S/C21H21NO2S/c1-14-8-10-16(11-9-14)25(24)20-13-19-21(23)17(12-18(20)22(19)2)15-6-4-3-5-7-15/h3-12,18-20H,13H2,1-2H3/t18-,19-,20-,25+/m1/s1. The van der Waals surface area contributed by atoms with E-state index in [1.165, 1.54) is 0 Å². The molecule has 2 aliphatic heterocycles. The van der Waals surface area contributed by atoms with Crippen molar-refractivity contribution in [2.24, 2.45) is 0 Å². The van der Waals surface area contributed by atoms with Crippen LogP contribution in [0, 0.1) is 6.92 Å². The van der Waals surface area contributed by atoms with Gasteiger partial charge in [0.15, 0.2) is 5.78 Å². The van der Waals surface area contributed by atoms with Crippen LogP contribution in [0.4, 0.5) is 0 Å². The Morgan fingerprint density at radius 3 is 2.40 bits per heavy atom. The van der Waals surface area contributed by atoms with Crippen LogP contribution in [0.25, 0.3) is 5.57 Å². The molecule has 2 aromatic carbocycles. The fourth-order valence-electron chi connectivity index (χ4n) is 3.86. The average Bonchev–Trinajstić information content (AvgIpc) is 2.86. The van der Waals surface area contributed by atoms with Gasteiger partial charge in [-0.2, -0.15) is 0 Å². The highest BCUT2D eigenvalue weighted by Gasteiger charge is 2.48. The zero-order chi connectivity index (χ0) is 17.6. The highest BCUT2D eigenvalue weighted by molar-refractivity contribution is 7.85. The summed E-state index contributed by atoms with van der Waals surface area (Å²) in [7, 11) is 0.847. The van der Waals surface area contributed by atoms with Gasteiger partial charge in [0.2, 0.25) is 0 Å². The van der Waals surface area contributed by atoms with Crippen LogP contribution in [0.2, 0.25) is 0 Å². The molecule has 4 heteroatoms. The quantitative estimate of drug-likeness (QED) is 0.852. The molecule has 0 aromatic heterocycles. The molecular weight excluding hydrogens is 330 g/mol. The summed E-state index contributed by atoms with van der Waals surface area (Å²) in [5.74, 6) is 0.147. The molecule has 25 heavy (non-hydrogen) atoms. The number of Topliss-reactive ketones (excluding diaryl/α,β-unsaturated/α-hetero) is 1. The van der Waals surface area contributed by atoms with Gasteiger partial charge in [0.05, 0.1) is 22.1 Å². The third-order valence-electron chi connectivity index (χ3n) is 5.32. The molecule has 0 saturated carbocycles. The summed E-state index contributed by atoms with van der Waals surface area (Å²) in [6, 6.07) is 17.5. The number of carbonyl (C=O) groups excluding carboxylic acids is 1. The van der Waals surface area contributed by atoms with E-state index in [1.54, 1.807) is 0 Å². The number of carbonyl (C=O) groups is 1. The molecule has 4 atom stereocenters. The number of hydrogen-bond acceptors (Lipinski definition) is 3. The first kappa shape index (κ1) is 16.4. The van der Waals surface area contributed by atoms with Crippen LogP contribution < -0.4 is 0 Å². The Hall–Kier alpha value is -2.04. The third-order valence-corrected chi connectivity index (χ3v) is 7.07. The van der Waals surface area contributed by atoms with Gasteiger partial charge >= 0.3 is 0 Å². The van der Waals surface area contributed by atoms with Crippen molar-refractivity contribution in [1.29, 1.82) is 0 Å². The van der Waals surface area contributed by atoms with E-state index in [2.05, 4.69) is 4.90 Å². The minimum atomic E-state index is -1.12. The Morgan fingerprint density at radius 2 is 1.72 bits per heavy atom. The molecule has 0 N–H and O–H groups in total. The molecule has 2 aliphatic rings. The van der Waals surface area contributed by atoms with Gasteiger partial charge in [0.25, 0.3) is 0 Å². The van der Waals surface area contributed by atoms with E-state index >= 15 is 0 Å². The molecule has 0 aliphatic carbocycles. The second kappa shape index (κ2) is 6.36. The monoisotopic (exact) mass is 351 g/mol. The zero-order valence-corrected chi connectivity index (χ0v) is 15.2. The number of likely N-dealkylation sites (N-methyl/N-ethyl adjacent to an activating group) is 1. The second-order valence-electron chi connectivity index (χ2n) is 6.87. The summed E-state index contributed by atoms with van der Waals surface area (Å²) in [5.41, 5.74) is 2.89. The number of nitrogens with zero attached hydrogens (tertiary/aromatic N) is 1. The first-order valence-electron chi connectivity index (χ1n) is 8.57. The van der Waals surface area contributed by atoms with Crippen LogP contribution in [0.15, 0.2) is 65.6 Å². The Morgan fingerprint density at radius 1 is 1.04 bits per heavy atom. The molecule has 3 nitrogen and oxygen atoms in total. The van der Waals surface area contributed by atoms with Gasteiger partial charge in [-0.3, -0.25) is 13.9 Å². The van der Waals surface area contributed by atoms with Crippen LogP contribution in [0.1, 0.15) is 17.5 Å². The summed E-state index contributed by atoms with van der Waals surface area (Å²) in [6.45, 7) is 2.02. The maximum atomic E-state index is 13.1. The molecule has 128 valence electrons. The lowest BCUT2D eigenvalue weighted by Gasteiger charge is -2.30. The molecule has 1 fully saturated rings. The second-order valence-corrected chi connectivity index (χ2v) is 8.54. The number of fused-ring (bicyclic) bond motifs is 2. The van der Waals surface area contributed by atoms with Crippen LogP contribution in [-0.2, 0) is 15.6 Å². The maximum Gasteiger partial charge on any atom is 0.180 e. The van der Waals surface area contributed by atoms with Gasteiger partial charge in [-0.05, 0) is 38.1 Å². The Kier molecular flexibility index (Phi) is 4.18. The molecule has 0 spiro atoms. The highest BCUT2D eigenvalue weighted by Crippen LogP contribution is 2.38. The summed E-state index contributed by atoms with van der Waals surface area (Å²) >= 11 is 0. The van der Waals surface area contributed by atoms with Crippen molar-refractivity contribution in [1.82, 2.24) is 4.90 Å². The van der Waals surface area contributed by atoms with Gasteiger partial charge in [0, 0.05) is 16.5 Å². The third kappa shape index (κ3) is 2.79. The van der Waals surface area contributed by atoms with E-state index < -0.39 is 10.8 Å². The van der Waals surface area contributed by atoms with Crippen molar-refractivity contribution < 1.29 is 9.00 Å². The lowest BCUT2D eigenvalue weighted by atomic mass is 9.94. The van der Waals surface area contributed by atoms with E-state index in [0.717, 1.165) is 21.6 Å². The first-order valence-corrected chi connectivity index (χ1v) is 9.78. The number of hydrogen-bond donors (Lipinski definition) is 0. The van der Waals surface area contributed by atoms with E-state index in [1.807, 2.05) is 74.6 Å². The Bertz CT molecular complexity index is 857. The van der Waals surface area contributed by atoms with Crippen LogP contribution >= 0.6 is 0 Å². The molecule has 0 radical (unpaired) electrons. The minimum absolute atomic E-state index is 0.0278. The van der Waals surface area contributed by atoms with Gasteiger partial charge in [0.1, 0.15) is 0 Å². The number of rotatable bonds is 3. The zero-order valence-electron chi connectivity index (χ0n) is 14.4. The van der Waals surface area contributed by atoms with E-state index in [4.69, 9.17) is 0 Å². The molecule has 0 amide bonds. The molecule has 4 rings (SSSR count). The van der Waals surface area contributed by atoms with Crippen molar-refractivity contribution in [3.05, 3.63) is 71.8 Å². The number of aryl methyl sites for hydroxylation is 1. The minimum Gasteiger partial charge on any atom is -0.292 e. The predicted molar refractivity (Wildman–Crippen MR) is 101 cm³/mol. The lowest BCUT2D eigenvalue weighted by molar-refractivity contribution is -0.118. The first-order chi connectivity index (χ1) is 12.1. The van der Waals surface area contributed by atoms with E-state index in [-0.39, 0.29) is 23.1 Å². The molecule has 1 saturated heterocycles. The average molecular weight is 351 g/mol. The van der Waals surface area contributed by atoms with Crippen LogP contribution in [-0.4, -0.2) is 39.3 Å². The lowest BCUT2D eigenvalue weighted by Crippen LogP contribution is -2.42. The number of benzene rings is 2. The molecule has 2 heterocycles. The fraction of sp³-hybridized carbons (Fsp3) is 0.286. The Labute approximate surface area is 150 Å². The van der Waals surface area contributed by atoms with Crippen molar-refractivity contribution in [2.45, 2.75) is 35.6 Å². The summed E-state index contributed by atoms with van der Waals surface area (Å²) < 4.78 is 13.1. The van der Waals surface area contributed by atoms with Gasteiger partial charge < -0.3 is 0 Å². The fourth-order valence-corrected chi connectivity index (χ4v) is 5.50. The van der Waals surface area contributed by atoms with Gasteiger partial charge in [-0.15, -0.1) is 0 Å². The van der Waals surface area contributed by atoms with Crippen LogP contribution in [0.5, 0.6) is 0 Å². The van der Waals surface area contributed by atoms with Crippen molar-refractivity contribution in [3.63, 3.8) is 0 Å². The largest absolute Gasteiger partial charge is 0.292 e. The predicted octanol–water partition coefficient (Wildman–Crippen LogP) is 3.21. The van der Waals surface area contributed by atoms with Crippen molar-refractivity contribution >= 4 is 22.2 Å². The molecular formula is C21H21NO2S. The van der Waals surface area contributed by atoms with Gasteiger partial charge in [-0.25, -0.2) is 0 Å².